The van der Waals surface area contributed by atoms with E-state index >= 15 is 0 Å². The Bertz CT molecular complexity index is 481. The van der Waals surface area contributed by atoms with Gasteiger partial charge in [0.2, 0.25) is 0 Å². The van der Waals surface area contributed by atoms with Crippen LogP contribution in [0.4, 0.5) is 13.2 Å². The van der Waals surface area contributed by atoms with E-state index in [9.17, 15) is 22.8 Å². The number of carbonyl (C=O) groups excluding carboxylic acids is 1. The first-order valence-electron chi connectivity index (χ1n) is 5.38. The Morgan fingerprint density at radius 1 is 1.25 bits per heavy atom. The molecule has 0 saturated heterocycles. The maximum atomic E-state index is 11.9. The summed E-state index contributed by atoms with van der Waals surface area (Å²) >= 11 is 0. The number of esters is 1. The summed E-state index contributed by atoms with van der Waals surface area (Å²) in [6.07, 6.45) is -4.98. The molecule has 0 fully saturated rings. The molecule has 1 aromatic rings. The lowest BCUT2D eigenvalue weighted by Crippen LogP contribution is -2.27. The fourth-order valence-corrected chi connectivity index (χ4v) is 1.48. The number of methoxy groups -OCH3 is 1. The van der Waals surface area contributed by atoms with Crippen molar-refractivity contribution in [2.45, 2.75) is 12.8 Å². The molecule has 5 nitrogen and oxygen atoms in total. The minimum Gasteiger partial charge on any atom is -0.481 e. The summed E-state index contributed by atoms with van der Waals surface area (Å²) in [5.74, 6) is -4.12. The Hall–Kier alpha value is -2.25. The molecule has 20 heavy (non-hydrogen) atoms. The number of rotatable bonds is 5. The van der Waals surface area contributed by atoms with Gasteiger partial charge in [-0.2, -0.15) is 0 Å². The number of carbonyl (C=O) groups is 2. The van der Waals surface area contributed by atoms with Crippen molar-refractivity contribution in [2.24, 2.45) is 5.92 Å². The van der Waals surface area contributed by atoms with Gasteiger partial charge in [-0.05, 0) is 24.1 Å². The molecule has 0 heterocycles. The molecule has 0 aromatic heterocycles. The number of carboxylic acid groups (broad SMARTS) is 1. The lowest BCUT2D eigenvalue weighted by Gasteiger charge is -2.11. The molecule has 0 aliphatic heterocycles. The van der Waals surface area contributed by atoms with E-state index in [0.29, 0.717) is 5.56 Å². The Morgan fingerprint density at radius 2 is 1.80 bits per heavy atom. The minimum absolute atomic E-state index is 0.186. The fourth-order valence-electron chi connectivity index (χ4n) is 1.48. The number of hydrogen-bond donors (Lipinski definition) is 1. The first-order valence-corrected chi connectivity index (χ1v) is 5.38. The van der Waals surface area contributed by atoms with Crippen LogP contribution in [-0.4, -0.2) is 30.5 Å². The van der Waals surface area contributed by atoms with Crippen LogP contribution in [0.3, 0.4) is 0 Å². The van der Waals surface area contributed by atoms with Crippen molar-refractivity contribution in [2.75, 3.05) is 7.11 Å². The minimum atomic E-state index is -4.79. The summed E-state index contributed by atoms with van der Waals surface area (Å²) in [5, 5.41) is 8.87. The normalized spacial score (nSPS) is 12.6. The molecule has 8 heteroatoms. The Balaban J connectivity index is 2.78. The zero-order valence-corrected chi connectivity index (χ0v) is 10.3. The summed E-state index contributed by atoms with van der Waals surface area (Å²) in [6, 6.07) is 4.58. The van der Waals surface area contributed by atoms with E-state index in [1.165, 1.54) is 12.1 Å². The largest absolute Gasteiger partial charge is 0.573 e. The van der Waals surface area contributed by atoms with Gasteiger partial charge in [0, 0.05) is 0 Å². The zero-order valence-electron chi connectivity index (χ0n) is 10.3. The third-order valence-corrected chi connectivity index (χ3v) is 2.38. The van der Waals surface area contributed by atoms with Gasteiger partial charge in [-0.1, -0.05) is 12.1 Å². The van der Waals surface area contributed by atoms with Crippen LogP contribution in [0.15, 0.2) is 24.3 Å². The molecule has 1 atom stereocenters. The van der Waals surface area contributed by atoms with Crippen LogP contribution in [-0.2, 0) is 20.7 Å². The molecule has 1 aromatic carbocycles. The van der Waals surface area contributed by atoms with Crippen LogP contribution in [0.5, 0.6) is 5.75 Å². The highest BCUT2D eigenvalue weighted by molar-refractivity contribution is 5.94. The highest BCUT2D eigenvalue weighted by Crippen LogP contribution is 2.23. The van der Waals surface area contributed by atoms with Gasteiger partial charge in [-0.25, -0.2) is 0 Å². The lowest BCUT2D eigenvalue weighted by molar-refractivity contribution is -0.274. The van der Waals surface area contributed by atoms with Gasteiger partial charge in [0.1, 0.15) is 5.75 Å². The molecule has 0 aliphatic carbocycles. The zero-order chi connectivity index (χ0) is 15.3. The summed E-state index contributed by atoms with van der Waals surface area (Å²) in [5.41, 5.74) is 0.373. The van der Waals surface area contributed by atoms with E-state index in [-0.39, 0.29) is 6.42 Å². The second kappa shape index (κ2) is 6.27. The van der Waals surface area contributed by atoms with Crippen LogP contribution in [0.1, 0.15) is 5.56 Å². The number of ether oxygens (including phenoxy) is 2. The first kappa shape index (κ1) is 15.8. The molecule has 0 saturated carbocycles. The molecule has 1 rings (SSSR count). The van der Waals surface area contributed by atoms with Gasteiger partial charge in [0.15, 0.2) is 5.92 Å². The van der Waals surface area contributed by atoms with Crippen LogP contribution in [0, 0.1) is 5.92 Å². The molecule has 1 N–H and O–H groups in total. The third kappa shape index (κ3) is 4.79. The fraction of sp³-hybridized carbons (Fsp3) is 0.333. The Kier molecular flexibility index (Phi) is 4.95. The van der Waals surface area contributed by atoms with Crippen molar-refractivity contribution in [3.8, 4) is 5.75 Å². The number of hydrogen-bond acceptors (Lipinski definition) is 4. The highest BCUT2D eigenvalue weighted by atomic mass is 19.4. The van der Waals surface area contributed by atoms with Gasteiger partial charge in [0.05, 0.1) is 7.11 Å². The summed E-state index contributed by atoms with van der Waals surface area (Å²) < 4.78 is 43.9. The molecule has 0 spiro atoms. The standard InChI is InChI=1S/C12H11F3O5/c1-19-11(18)9(10(16)17)6-7-2-4-8(5-3-7)20-12(13,14)15/h2-5,9H,6H2,1H3,(H,16,17). The number of aliphatic carboxylic acids is 1. The average Bonchev–Trinajstić information content (AvgIpc) is 2.34. The third-order valence-electron chi connectivity index (χ3n) is 2.38. The van der Waals surface area contributed by atoms with Crippen LogP contribution in [0.25, 0.3) is 0 Å². The van der Waals surface area contributed by atoms with E-state index in [1.54, 1.807) is 0 Å². The number of alkyl halides is 3. The van der Waals surface area contributed by atoms with Crippen molar-refractivity contribution >= 4 is 11.9 Å². The smallest absolute Gasteiger partial charge is 0.481 e. The van der Waals surface area contributed by atoms with E-state index in [2.05, 4.69) is 9.47 Å². The molecule has 0 bridgehead atoms. The van der Waals surface area contributed by atoms with Gasteiger partial charge < -0.3 is 14.6 Å². The molecule has 1 unspecified atom stereocenters. The van der Waals surface area contributed by atoms with Gasteiger partial charge >= 0.3 is 18.3 Å². The van der Waals surface area contributed by atoms with E-state index < -0.39 is 30.0 Å². The van der Waals surface area contributed by atoms with E-state index in [1.807, 2.05) is 0 Å². The van der Waals surface area contributed by atoms with Gasteiger partial charge in [0.25, 0.3) is 0 Å². The summed E-state index contributed by atoms with van der Waals surface area (Å²) in [4.78, 5) is 22.1. The van der Waals surface area contributed by atoms with E-state index in [0.717, 1.165) is 19.2 Å². The maximum absolute atomic E-state index is 11.9. The summed E-state index contributed by atoms with van der Waals surface area (Å²) in [7, 11) is 1.05. The SMILES string of the molecule is COC(=O)C(Cc1ccc(OC(F)(F)F)cc1)C(=O)O. The number of benzene rings is 1. The van der Waals surface area contributed by atoms with E-state index in [4.69, 9.17) is 5.11 Å². The highest BCUT2D eigenvalue weighted by Gasteiger charge is 2.31. The number of carboxylic acids is 1. The Labute approximate surface area is 111 Å². The van der Waals surface area contributed by atoms with Crippen molar-refractivity contribution < 1.29 is 37.3 Å². The van der Waals surface area contributed by atoms with Crippen molar-refractivity contribution in [3.63, 3.8) is 0 Å². The van der Waals surface area contributed by atoms with Crippen molar-refractivity contribution in [3.05, 3.63) is 29.8 Å². The van der Waals surface area contributed by atoms with Crippen LogP contribution >= 0.6 is 0 Å². The van der Waals surface area contributed by atoms with Gasteiger partial charge in [-0.3, -0.25) is 9.59 Å². The van der Waals surface area contributed by atoms with Crippen LogP contribution < -0.4 is 4.74 Å². The molecule has 0 amide bonds. The van der Waals surface area contributed by atoms with Crippen molar-refractivity contribution in [1.82, 2.24) is 0 Å². The summed E-state index contributed by atoms with van der Waals surface area (Å²) in [6.45, 7) is 0. The Morgan fingerprint density at radius 3 is 2.20 bits per heavy atom. The molecular formula is C12H11F3O5. The maximum Gasteiger partial charge on any atom is 0.573 e. The quantitative estimate of drug-likeness (QED) is 0.664. The molecule has 110 valence electrons. The van der Waals surface area contributed by atoms with Crippen LogP contribution in [0.2, 0.25) is 0 Å². The molecular weight excluding hydrogens is 281 g/mol. The van der Waals surface area contributed by atoms with Crippen molar-refractivity contribution in [1.29, 1.82) is 0 Å². The second-order valence-corrected chi connectivity index (χ2v) is 3.81. The second-order valence-electron chi connectivity index (χ2n) is 3.81. The van der Waals surface area contributed by atoms with Gasteiger partial charge in [-0.15, -0.1) is 13.2 Å². The topological polar surface area (TPSA) is 72.8 Å². The predicted octanol–water partition coefficient (Wildman–Crippen LogP) is 2.00. The number of halogens is 3. The molecule has 0 radical (unpaired) electrons. The monoisotopic (exact) mass is 292 g/mol. The lowest BCUT2D eigenvalue weighted by atomic mass is 9.99. The first-order chi connectivity index (χ1) is 9.23. The average molecular weight is 292 g/mol. The predicted molar refractivity (Wildman–Crippen MR) is 60.0 cm³/mol. The molecule has 0 aliphatic rings.